The lowest BCUT2D eigenvalue weighted by Gasteiger charge is -2.18. The molecule has 6 nitrogen and oxygen atoms in total. The van der Waals surface area contributed by atoms with Gasteiger partial charge in [-0.2, -0.15) is 0 Å². The van der Waals surface area contributed by atoms with E-state index in [4.69, 9.17) is 11.5 Å². The van der Waals surface area contributed by atoms with Crippen LogP contribution in [0.4, 0.5) is 0 Å². The molecule has 7 N–H and O–H groups in total. The standard InChI is InChI=1S/C15H26BN3O3/c17-9-5-4-8-14(18)15(20)19-11-13(16(21)22)10-12-6-2-1-3-7-12/h1-3,6-7,13-14,21-22H,4-5,8-11,17-18H2,(H,19,20)/t13-,14+/m1/s1. The summed E-state index contributed by atoms with van der Waals surface area (Å²) in [6.45, 7) is 0.764. The molecule has 0 aromatic heterocycles. The van der Waals surface area contributed by atoms with E-state index in [9.17, 15) is 14.8 Å². The summed E-state index contributed by atoms with van der Waals surface area (Å²) in [7, 11) is -1.49. The maximum absolute atomic E-state index is 11.9. The molecule has 22 heavy (non-hydrogen) atoms. The van der Waals surface area contributed by atoms with Crippen molar-refractivity contribution in [2.45, 2.75) is 37.5 Å². The summed E-state index contributed by atoms with van der Waals surface area (Å²) >= 11 is 0. The molecule has 0 radical (unpaired) electrons. The van der Waals surface area contributed by atoms with Gasteiger partial charge in [-0.3, -0.25) is 4.79 Å². The number of carbonyl (C=O) groups excluding carboxylic acids is 1. The Morgan fingerprint density at radius 3 is 2.50 bits per heavy atom. The molecule has 0 saturated carbocycles. The van der Waals surface area contributed by atoms with Gasteiger partial charge in [-0.15, -0.1) is 0 Å². The van der Waals surface area contributed by atoms with Gasteiger partial charge in [0.25, 0.3) is 0 Å². The second-order valence-corrected chi connectivity index (χ2v) is 5.50. The smallest absolute Gasteiger partial charge is 0.427 e. The summed E-state index contributed by atoms with van der Waals surface area (Å²) in [4.78, 5) is 11.9. The van der Waals surface area contributed by atoms with Gasteiger partial charge in [0.2, 0.25) is 5.91 Å². The van der Waals surface area contributed by atoms with Crippen LogP contribution in [-0.2, 0) is 11.2 Å². The van der Waals surface area contributed by atoms with E-state index >= 15 is 0 Å². The number of nitrogens with one attached hydrogen (secondary N) is 1. The molecule has 0 spiro atoms. The Bertz CT molecular complexity index is 431. The molecule has 2 atom stereocenters. The Balaban J connectivity index is 2.42. The first-order chi connectivity index (χ1) is 10.5. The van der Waals surface area contributed by atoms with Crippen molar-refractivity contribution in [2.75, 3.05) is 13.1 Å². The monoisotopic (exact) mass is 307 g/mol. The predicted octanol–water partition coefficient (Wildman–Crippen LogP) is -0.355. The molecule has 0 aliphatic carbocycles. The van der Waals surface area contributed by atoms with Gasteiger partial charge in [0.05, 0.1) is 6.04 Å². The molecular weight excluding hydrogens is 281 g/mol. The molecule has 0 saturated heterocycles. The Hall–Kier alpha value is -1.41. The van der Waals surface area contributed by atoms with Crippen LogP contribution < -0.4 is 16.8 Å². The summed E-state index contributed by atoms with van der Waals surface area (Å²) < 4.78 is 0. The van der Waals surface area contributed by atoms with Crippen LogP contribution in [0, 0.1) is 0 Å². The van der Waals surface area contributed by atoms with Crippen LogP contribution in [0.1, 0.15) is 24.8 Å². The Kier molecular flexibility index (Phi) is 8.76. The largest absolute Gasteiger partial charge is 0.456 e. The average molecular weight is 307 g/mol. The number of amides is 1. The van der Waals surface area contributed by atoms with Crippen molar-refractivity contribution >= 4 is 13.0 Å². The van der Waals surface area contributed by atoms with Gasteiger partial charge < -0.3 is 26.8 Å². The van der Waals surface area contributed by atoms with Crippen LogP contribution in [-0.4, -0.2) is 42.2 Å². The molecule has 122 valence electrons. The highest BCUT2D eigenvalue weighted by atomic mass is 16.4. The lowest BCUT2D eigenvalue weighted by Crippen LogP contribution is -2.43. The van der Waals surface area contributed by atoms with Crippen LogP contribution in [0.25, 0.3) is 0 Å². The molecule has 0 aliphatic rings. The minimum Gasteiger partial charge on any atom is -0.427 e. The van der Waals surface area contributed by atoms with Gasteiger partial charge >= 0.3 is 7.12 Å². The maximum atomic E-state index is 11.9. The summed E-state index contributed by atoms with van der Waals surface area (Å²) in [6.07, 6.45) is 2.70. The number of hydrogen-bond donors (Lipinski definition) is 5. The molecule has 7 heteroatoms. The zero-order valence-electron chi connectivity index (χ0n) is 12.8. The normalized spacial score (nSPS) is 13.5. The van der Waals surface area contributed by atoms with Crippen molar-refractivity contribution in [3.8, 4) is 0 Å². The highest BCUT2D eigenvalue weighted by Crippen LogP contribution is 2.14. The SMILES string of the molecule is NCCCC[C@H](N)C(=O)NC[C@@H](Cc1ccccc1)B(O)O. The molecule has 1 aromatic rings. The van der Waals surface area contributed by atoms with Crippen molar-refractivity contribution in [1.29, 1.82) is 0 Å². The first-order valence-electron chi connectivity index (χ1n) is 7.68. The quantitative estimate of drug-likeness (QED) is 0.299. The van der Waals surface area contributed by atoms with E-state index in [1.807, 2.05) is 30.3 Å². The van der Waals surface area contributed by atoms with Gasteiger partial charge in [-0.1, -0.05) is 36.8 Å². The average Bonchev–Trinajstić information content (AvgIpc) is 2.51. The second-order valence-electron chi connectivity index (χ2n) is 5.50. The molecule has 0 bridgehead atoms. The minimum atomic E-state index is -1.49. The van der Waals surface area contributed by atoms with Crippen molar-refractivity contribution in [1.82, 2.24) is 5.32 Å². The van der Waals surface area contributed by atoms with Gasteiger partial charge in [0, 0.05) is 12.4 Å². The molecular formula is C15H26BN3O3. The van der Waals surface area contributed by atoms with Crippen LogP contribution in [0.2, 0.25) is 5.82 Å². The Morgan fingerprint density at radius 1 is 1.23 bits per heavy atom. The summed E-state index contributed by atoms with van der Waals surface area (Å²) in [5, 5.41) is 21.6. The summed E-state index contributed by atoms with van der Waals surface area (Å²) in [5.41, 5.74) is 12.2. The van der Waals surface area contributed by atoms with Gasteiger partial charge in [-0.05, 0) is 31.4 Å². The van der Waals surface area contributed by atoms with Crippen molar-refractivity contribution < 1.29 is 14.8 Å². The van der Waals surface area contributed by atoms with E-state index in [0.717, 1.165) is 18.4 Å². The second kappa shape index (κ2) is 10.3. The number of nitrogens with two attached hydrogens (primary N) is 2. The van der Waals surface area contributed by atoms with Crippen LogP contribution in [0.3, 0.4) is 0 Å². The third kappa shape index (κ3) is 7.04. The lowest BCUT2D eigenvalue weighted by molar-refractivity contribution is -0.122. The molecule has 0 unspecified atom stereocenters. The van der Waals surface area contributed by atoms with Crippen molar-refractivity contribution in [2.24, 2.45) is 11.5 Å². The van der Waals surface area contributed by atoms with Crippen LogP contribution >= 0.6 is 0 Å². The van der Waals surface area contributed by atoms with Crippen LogP contribution in [0.15, 0.2) is 30.3 Å². The molecule has 0 fully saturated rings. The van der Waals surface area contributed by atoms with E-state index < -0.39 is 19.0 Å². The topological polar surface area (TPSA) is 122 Å². The summed E-state index contributed by atoms with van der Waals surface area (Å²) in [6, 6.07) is 8.92. The number of carbonyl (C=O) groups is 1. The lowest BCUT2D eigenvalue weighted by atomic mass is 9.69. The molecule has 1 rings (SSSR count). The fourth-order valence-corrected chi connectivity index (χ4v) is 2.20. The van der Waals surface area contributed by atoms with Gasteiger partial charge in [0.1, 0.15) is 0 Å². The highest BCUT2D eigenvalue weighted by Gasteiger charge is 2.25. The number of unbranched alkanes of at least 4 members (excludes halogenated alkanes) is 1. The number of benzene rings is 1. The Morgan fingerprint density at radius 2 is 1.91 bits per heavy atom. The van der Waals surface area contributed by atoms with E-state index in [1.54, 1.807) is 0 Å². The zero-order valence-corrected chi connectivity index (χ0v) is 12.8. The van der Waals surface area contributed by atoms with Crippen molar-refractivity contribution in [3.63, 3.8) is 0 Å². The minimum absolute atomic E-state index is 0.177. The number of hydrogen-bond acceptors (Lipinski definition) is 5. The van der Waals surface area contributed by atoms with Gasteiger partial charge in [0.15, 0.2) is 0 Å². The Labute approximate surface area is 132 Å². The predicted molar refractivity (Wildman–Crippen MR) is 88.0 cm³/mol. The molecule has 0 heterocycles. The molecule has 1 aromatic carbocycles. The highest BCUT2D eigenvalue weighted by molar-refractivity contribution is 6.43. The first kappa shape index (κ1) is 18.6. The fraction of sp³-hybridized carbons (Fsp3) is 0.533. The van der Waals surface area contributed by atoms with Gasteiger partial charge in [-0.25, -0.2) is 0 Å². The third-order valence-electron chi connectivity index (χ3n) is 3.61. The third-order valence-corrected chi connectivity index (χ3v) is 3.61. The molecule has 0 aliphatic heterocycles. The molecule has 1 amide bonds. The van der Waals surface area contributed by atoms with E-state index in [0.29, 0.717) is 19.4 Å². The van der Waals surface area contributed by atoms with E-state index in [-0.39, 0.29) is 12.5 Å². The fourth-order valence-electron chi connectivity index (χ4n) is 2.20. The van der Waals surface area contributed by atoms with E-state index in [1.165, 1.54) is 0 Å². The van der Waals surface area contributed by atoms with Crippen molar-refractivity contribution in [3.05, 3.63) is 35.9 Å². The maximum Gasteiger partial charge on any atom is 0.456 e. The first-order valence-corrected chi connectivity index (χ1v) is 7.68. The van der Waals surface area contributed by atoms with E-state index in [2.05, 4.69) is 5.32 Å². The zero-order chi connectivity index (χ0) is 16.4. The number of rotatable bonds is 10. The summed E-state index contributed by atoms with van der Waals surface area (Å²) in [5.74, 6) is -0.738. The van der Waals surface area contributed by atoms with Crippen LogP contribution in [0.5, 0.6) is 0 Å².